The number of hydrogen-bond donors (Lipinski definition) is 2. The van der Waals surface area contributed by atoms with Crippen molar-refractivity contribution >= 4 is 11.8 Å². The number of halogens is 3. The Hall–Kier alpha value is -2.52. The van der Waals surface area contributed by atoms with Crippen molar-refractivity contribution in [3.05, 3.63) is 29.5 Å². The van der Waals surface area contributed by atoms with Crippen molar-refractivity contribution in [1.29, 1.82) is 0 Å². The number of carbonyl (C=O) groups excluding carboxylic acids is 1. The number of anilines is 1. The number of hydrogen-bond acceptors (Lipinski definition) is 4. The Balaban J connectivity index is 1.53. The molecule has 0 unspecified atom stereocenters. The minimum Gasteiger partial charge on any atom is -0.362 e. The summed E-state index contributed by atoms with van der Waals surface area (Å²) >= 11 is 0. The van der Waals surface area contributed by atoms with Gasteiger partial charge in [-0.15, -0.1) is 0 Å². The van der Waals surface area contributed by atoms with E-state index in [9.17, 15) is 18.0 Å². The van der Waals surface area contributed by atoms with E-state index in [4.69, 9.17) is 4.52 Å². The summed E-state index contributed by atoms with van der Waals surface area (Å²) in [7, 11) is 0. The second-order valence-electron chi connectivity index (χ2n) is 5.78. The molecule has 0 aliphatic carbocycles. The van der Waals surface area contributed by atoms with Gasteiger partial charge in [0.05, 0.1) is 0 Å². The van der Waals surface area contributed by atoms with Crippen molar-refractivity contribution in [2.24, 2.45) is 5.92 Å². The normalized spacial score (nSPS) is 17.4. The molecule has 7 nitrogen and oxygen atoms in total. The minimum atomic E-state index is -4.44. The molecule has 0 fully saturated rings. The zero-order valence-corrected chi connectivity index (χ0v) is 12.9. The predicted octanol–water partition coefficient (Wildman–Crippen LogP) is 2.58. The van der Waals surface area contributed by atoms with E-state index in [0.717, 1.165) is 6.20 Å². The lowest BCUT2D eigenvalue weighted by Gasteiger charge is -2.23. The van der Waals surface area contributed by atoms with E-state index in [0.29, 0.717) is 43.1 Å². The number of nitrogens with one attached hydrogen (secondary N) is 2. The SMILES string of the molecule is Cc1conc1NC(=O)NC[C@@H]1CCc2nc(C(F)(F)F)cn2C1. The van der Waals surface area contributed by atoms with Crippen molar-refractivity contribution in [2.45, 2.75) is 32.5 Å². The van der Waals surface area contributed by atoms with Crippen molar-refractivity contribution in [3.63, 3.8) is 0 Å². The van der Waals surface area contributed by atoms with Crippen LogP contribution in [-0.4, -0.2) is 27.3 Å². The molecule has 0 saturated heterocycles. The summed E-state index contributed by atoms with van der Waals surface area (Å²) in [4.78, 5) is 15.4. The summed E-state index contributed by atoms with van der Waals surface area (Å²) in [6.45, 7) is 2.48. The molecule has 1 atom stereocenters. The number of aromatic nitrogens is 3. The van der Waals surface area contributed by atoms with Gasteiger partial charge >= 0.3 is 12.2 Å². The molecule has 0 spiro atoms. The number of imidazole rings is 1. The van der Waals surface area contributed by atoms with Crippen LogP contribution < -0.4 is 10.6 Å². The third kappa shape index (κ3) is 3.52. The first kappa shape index (κ1) is 16.3. The molecule has 2 amide bonds. The topological polar surface area (TPSA) is 85.0 Å². The average Bonchev–Trinajstić information content (AvgIpc) is 3.11. The number of alkyl halides is 3. The van der Waals surface area contributed by atoms with E-state index in [1.54, 1.807) is 6.92 Å². The minimum absolute atomic E-state index is 0.0388. The maximum atomic E-state index is 12.7. The smallest absolute Gasteiger partial charge is 0.362 e. The first-order valence-electron chi connectivity index (χ1n) is 7.42. The molecule has 24 heavy (non-hydrogen) atoms. The van der Waals surface area contributed by atoms with Crippen LogP contribution in [0.4, 0.5) is 23.8 Å². The fourth-order valence-corrected chi connectivity index (χ4v) is 2.61. The lowest BCUT2D eigenvalue weighted by Crippen LogP contribution is -2.36. The Bertz CT molecular complexity index is 737. The first-order chi connectivity index (χ1) is 11.3. The fraction of sp³-hybridized carbons (Fsp3) is 0.500. The number of nitrogens with zero attached hydrogens (tertiary/aromatic N) is 3. The molecule has 2 aromatic rings. The number of urea groups is 1. The highest BCUT2D eigenvalue weighted by Gasteiger charge is 2.35. The van der Waals surface area contributed by atoms with Gasteiger partial charge in [-0.1, -0.05) is 5.16 Å². The molecule has 2 N–H and O–H groups in total. The van der Waals surface area contributed by atoms with Crippen molar-refractivity contribution in [2.75, 3.05) is 11.9 Å². The molecule has 1 aliphatic rings. The van der Waals surface area contributed by atoms with Gasteiger partial charge in [0.15, 0.2) is 11.5 Å². The van der Waals surface area contributed by atoms with Gasteiger partial charge in [-0.3, -0.25) is 5.32 Å². The molecule has 0 radical (unpaired) electrons. The summed E-state index contributed by atoms with van der Waals surface area (Å²) in [6, 6.07) is -0.431. The second-order valence-corrected chi connectivity index (χ2v) is 5.78. The molecular formula is C14H16F3N5O2. The van der Waals surface area contributed by atoms with Crippen LogP contribution in [0.2, 0.25) is 0 Å². The summed E-state index contributed by atoms with van der Waals surface area (Å²) in [5.41, 5.74) is -0.170. The lowest BCUT2D eigenvalue weighted by molar-refractivity contribution is -0.141. The average molecular weight is 343 g/mol. The Morgan fingerprint density at radius 3 is 2.96 bits per heavy atom. The third-order valence-electron chi connectivity index (χ3n) is 3.91. The van der Waals surface area contributed by atoms with Crippen molar-refractivity contribution in [1.82, 2.24) is 20.0 Å². The maximum Gasteiger partial charge on any atom is 0.434 e. The van der Waals surface area contributed by atoms with Crippen LogP contribution >= 0.6 is 0 Å². The molecule has 130 valence electrons. The Morgan fingerprint density at radius 2 is 2.29 bits per heavy atom. The second kappa shape index (κ2) is 6.17. The van der Waals surface area contributed by atoms with E-state index in [2.05, 4.69) is 20.8 Å². The molecule has 0 saturated carbocycles. The first-order valence-corrected chi connectivity index (χ1v) is 7.42. The molecule has 0 aromatic carbocycles. The maximum absolute atomic E-state index is 12.7. The Morgan fingerprint density at radius 1 is 1.50 bits per heavy atom. The quantitative estimate of drug-likeness (QED) is 0.897. The van der Waals surface area contributed by atoms with Crippen LogP contribution in [0.25, 0.3) is 0 Å². The van der Waals surface area contributed by atoms with E-state index in [1.807, 2.05) is 0 Å². The van der Waals surface area contributed by atoms with Crippen LogP contribution in [0.1, 0.15) is 23.5 Å². The fourth-order valence-electron chi connectivity index (χ4n) is 2.61. The summed E-state index contributed by atoms with van der Waals surface area (Å²) < 4.78 is 44.3. The third-order valence-corrected chi connectivity index (χ3v) is 3.91. The molecular weight excluding hydrogens is 327 g/mol. The molecule has 3 heterocycles. The highest BCUT2D eigenvalue weighted by atomic mass is 19.4. The molecule has 0 bridgehead atoms. The van der Waals surface area contributed by atoms with Gasteiger partial charge in [-0.05, 0) is 19.3 Å². The van der Waals surface area contributed by atoms with Crippen molar-refractivity contribution in [3.8, 4) is 0 Å². The molecule has 3 rings (SSSR count). The molecule has 2 aromatic heterocycles. The summed E-state index contributed by atoms with van der Waals surface area (Å²) in [5, 5.41) is 8.89. The van der Waals surface area contributed by atoms with Gasteiger partial charge in [-0.25, -0.2) is 9.78 Å². The van der Waals surface area contributed by atoms with Gasteiger partial charge in [0.1, 0.15) is 12.1 Å². The van der Waals surface area contributed by atoms with Crippen LogP contribution in [0.5, 0.6) is 0 Å². The van der Waals surface area contributed by atoms with E-state index in [-0.39, 0.29) is 5.92 Å². The van der Waals surface area contributed by atoms with Crippen LogP contribution in [0.15, 0.2) is 17.0 Å². The zero-order chi connectivity index (χ0) is 17.3. The summed E-state index contributed by atoms with van der Waals surface area (Å²) in [5.74, 6) is 0.807. The standard InChI is InChI=1S/C14H16F3N5O2/c1-8-7-24-21-12(8)20-13(23)18-4-9-2-3-11-19-10(14(15,16)17)6-22(11)5-9/h6-7,9H,2-5H2,1H3,(H2,18,20,21,23)/t9-/m0/s1. The van der Waals surface area contributed by atoms with E-state index >= 15 is 0 Å². The number of carbonyl (C=O) groups is 1. The van der Waals surface area contributed by atoms with Gasteiger partial charge in [0.25, 0.3) is 0 Å². The number of rotatable bonds is 3. The van der Waals surface area contributed by atoms with Crippen LogP contribution in [-0.2, 0) is 19.1 Å². The summed E-state index contributed by atoms with van der Waals surface area (Å²) in [6.07, 6.45) is -0.882. The Kier molecular flexibility index (Phi) is 4.20. The lowest BCUT2D eigenvalue weighted by atomic mass is 9.99. The Labute approximate surface area is 135 Å². The van der Waals surface area contributed by atoms with Crippen LogP contribution in [0, 0.1) is 12.8 Å². The molecule has 10 heteroatoms. The van der Waals surface area contributed by atoms with Crippen molar-refractivity contribution < 1.29 is 22.5 Å². The zero-order valence-electron chi connectivity index (χ0n) is 12.9. The monoisotopic (exact) mass is 343 g/mol. The van der Waals surface area contributed by atoms with Gasteiger partial charge in [0, 0.05) is 31.3 Å². The predicted molar refractivity (Wildman–Crippen MR) is 77.3 cm³/mol. The van der Waals surface area contributed by atoms with E-state index < -0.39 is 17.9 Å². The van der Waals surface area contributed by atoms with Gasteiger partial charge < -0.3 is 14.4 Å². The number of aryl methyl sites for hydroxylation is 2. The number of amides is 2. The highest BCUT2D eigenvalue weighted by molar-refractivity contribution is 5.88. The van der Waals surface area contributed by atoms with Crippen LogP contribution in [0.3, 0.4) is 0 Å². The number of fused-ring (bicyclic) bond motifs is 1. The van der Waals surface area contributed by atoms with Gasteiger partial charge in [-0.2, -0.15) is 13.2 Å². The molecule has 1 aliphatic heterocycles. The largest absolute Gasteiger partial charge is 0.434 e. The highest BCUT2D eigenvalue weighted by Crippen LogP contribution is 2.30. The van der Waals surface area contributed by atoms with E-state index in [1.165, 1.54) is 10.8 Å². The van der Waals surface area contributed by atoms with Gasteiger partial charge in [0.2, 0.25) is 0 Å².